The third kappa shape index (κ3) is 5.46. The lowest BCUT2D eigenvalue weighted by Crippen LogP contribution is -2.27. The highest BCUT2D eigenvalue weighted by atomic mass is 35.5. The number of fused-ring (bicyclic) bond motifs is 1. The molecule has 1 atom stereocenters. The number of benzene rings is 2. The number of amides is 1. The number of nitriles is 1. The summed E-state index contributed by atoms with van der Waals surface area (Å²) >= 11 is 7.29. The molecule has 1 N–H and O–H groups in total. The maximum atomic E-state index is 13.3. The summed E-state index contributed by atoms with van der Waals surface area (Å²) in [5.74, 6) is 0.289. The molecule has 31 heavy (non-hydrogen) atoms. The Labute approximate surface area is 190 Å². The van der Waals surface area contributed by atoms with Crippen LogP contribution in [0.1, 0.15) is 38.2 Å². The Morgan fingerprint density at radius 3 is 2.71 bits per heavy atom. The van der Waals surface area contributed by atoms with Crippen LogP contribution in [-0.4, -0.2) is 27.8 Å². The van der Waals surface area contributed by atoms with Crippen molar-refractivity contribution in [2.45, 2.75) is 37.8 Å². The highest BCUT2D eigenvalue weighted by Gasteiger charge is 2.16. The average molecular weight is 455 g/mol. The number of thioether (sulfide) groups is 1. The molecule has 3 aromatic rings. The first kappa shape index (κ1) is 22.9. The highest BCUT2D eigenvalue weighted by Crippen LogP contribution is 2.25. The van der Waals surface area contributed by atoms with E-state index in [9.17, 15) is 9.59 Å². The van der Waals surface area contributed by atoms with Gasteiger partial charge in [0.25, 0.3) is 5.56 Å². The van der Waals surface area contributed by atoms with Gasteiger partial charge in [0.05, 0.1) is 34.8 Å². The van der Waals surface area contributed by atoms with Crippen LogP contribution in [-0.2, 0) is 4.79 Å². The lowest BCUT2D eigenvalue weighted by atomic mass is 9.98. The van der Waals surface area contributed by atoms with Gasteiger partial charge >= 0.3 is 0 Å². The summed E-state index contributed by atoms with van der Waals surface area (Å²) < 4.78 is 1.52. The van der Waals surface area contributed by atoms with E-state index >= 15 is 0 Å². The van der Waals surface area contributed by atoms with Crippen LogP contribution in [0.15, 0.2) is 52.4 Å². The number of hydrogen-bond donors (Lipinski definition) is 1. The maximum Gasteiger partial charge on any atom is 0.266 e. The van der Waals surface area contributed by atoms with E-state index in [-0.39, 0.29) is 23.6 Å². The van der Waals surface area contributed by atoms with Crippen LogP contribution in [0.3, 0.4) is 0 Å². The third-order valence-electron chi connectivity index (χ3n) is 5.02. The first-order chi connectivity index (χ1) is 14.9. The van der Waals surface area contributed by atoms with Crippen LogP contribution >= 0.6 is 23.4 Å². The van der Waals surface area contributed by atoms with Gasteiger partial charge in [-0.15, -0.1) is 0 Å². The fourth-order valence-electron chi connectivity index (χ4n) is 3.09. The molecule has 1 aromatic heterocycles. The van der Waals surface area contributed by atoms with Crippen LogP contribution < -0.4 is 10.9 Å². The van der Waals surface area contributed by atoms with Crippen LogP contribution in [0.2, 0.25) is 5.02 Å². The van der Waals surface area contributed by atoms with Gasteiger partial charge in [-0.3, -0.25) is 14.2 Å². The predicted molar refractivity (Wildman–Crippen MR) is 125 cm³/mol. The van der Waals surface area contributed by atoms with E-state index < -0.39 is 0 Å². The molecule has 0 bridgehead atoms. The van der Waals surface area contributed by atoms with Crippen LogP contribution in [0.5, 0.6) is 0 Å². The van der Waals surface area contributed by atoms with Crippen LogP contribution in [0.4, 0.5) is 0 Å². The van der Waals surface area contributed by atoms with Gasteiger partial charge in [-0.2, -0.15) is 5.26 Å². The average Bonchev–Trinajstić information content (AvgIpc) is 2.78. The molecule has 0 saturated heterocycles. The second kappa shape index (κ2) is 10.5. The van der Waals surface area contributed by atoms with E-state index in [1.54, 1.807) is 18.2 Å². The molecule has 0 saturated carbocycles. The number of hydrogen-bond acceptors (Lipinski definition) is 5. The summed E-state index contributed by atoms with van der Waals surface area (Å²) in [4.78, 5) is 30.1. The van der Waals surface area contributed by atoms with Crippen molar-refractivity contribution in [1.82, 2.24) is 14.9 Å². The maximum absolute atomic E-state index is 13.3. The summed E-state index contributed by atoms with van der Waals surface area (Å²) in [7, 11) is 0. The first-order valence-electron chi connectivity index (χ1n) is 10.0. The molecule has 0 fully saturated rings. The van der Waals surface area contributed by atoms with Gasteiger partial charge in [-0.05, 0) is 48.2 Å². The van der Waals surface area contributed by atoms with E-state index in [2.05, 4.69) is 24.1 Å². The second-order valence-electron chi connectivity index (χ2n) is 7.14. The zero-order valence-corrected chi connectivity index (χ0v) is 19.0. The largest absolute Gasteiger partial charge is 0.354 e. The Balaban J connectivity index is 2.01. The molecule has 0 aliphatic carbocycles. The number of nitrogens with zero attached hydrogens (tertiary/aromatic N) is 3. The molecular formula is C23H23ClN4O2S. The number of aromatic nitrogens is 2. The van der Waals surface area contributed by atoms with Gasteiger partial charge in [0, 0.05) is 11.6 Å². The minimum absolute atomic E-state index is 0.0852. The number of carbonyl (C=O) groups is 1. The van der Waals surface area contributed by atoms with E-state index in [1.165, 1.54) is 21.9 Å². The van der Waals surface area contributed by atoms with Crippen molar-refractivity contribution in [2.75, 3.05) is 12.3 Å². The Morgan fingerprint density at radius 2 is 2.03 bits per heavy atom. The standard InChI is InChI=1S/C23H23ClN4O2S/c1-3-15(2)16-5-8-18(9-6-16)28-22(30)19-13-17(24)7-10-20(19)27-23(28)31-14-21(29)26-12-4-11-25/h5-10,13,15H,3-4,12,14H2,1-2H3,(H,26,29). The van der Waals surface area contributed by atoms with E-state index in [4.69, 9.17) is 16.9 Å². The Hall–Kier alpha value is -2.82. The lowest BCUT2D eigenvalue weighted by molar-refractivity contribution is -0.118. The molecule has 8 heteroatoms. The summed E-state index contributed by atoms with van der Waals surface area (Å²) in [6.07, 6.45) is 1.27. The smallest absolute Gasteiger partial charge is 0.266 e. The lowest BCUT2D eigenvalue weighted by Gasteiger charge is -2.15. The Morgan fingerprint density at radius 1 is 1.29 bits per heavy atom. The highest BCUT2D eigenvalue weighted by molar-refractivity contribution is 7.99. The molecule has 2 aromatic carbocycles. The molecule has 1 heterocycles. The SMILES string of the molecule is CCC(C)c1ccc(-n2c(SCC(=O)NCCC#N)nc3ccc(Cl)cc3c2=O)cc1. The van der Waals surface area contributed by atoms with E-state index in [1.807, 2.05) is 30.3 Å². The normalized spacial score (nSPS) is 11.8. The molecular weight excluding hydrogens is 432 g/mol. The van der Waals surface area contributed by atoms with Crippen molar-refractivity contribution in [1.29, 1.82) is 5.26 Å². The van der Waals surface area contributed by atoms with Gasteiger partial charge in [-0.1, -0.05) is 49.3 Å². The van der Waals surface area contributed by atoms with Gasteiger partial charge in [0.15, 0.2) is 5.16 Å². The third-order valence-corrected chi connectivity index (χ3v) is 6.20. The van der Waals surface area contributed by atoms with Crippen molar-refractivity contribution < 1.29 is 4.79 Å². The van der Waals surface area contributed by atoms with E-state index in [0.717, 1.165) is 6.42 Å². The summed E-state index contributed by atoms with van der Waals surface area (Å²) in [6, 6.07) is 14.8. The molecule has 6 nitrogen and oxygen atoms in total. The first-order valence-corrected chi connectivity index (χ1v) is 11.4. The van der Waals surface area contributed by atoms with Gasteiger partial charge < -0.3 is 5.32 Å². The van der Waals surface area contributed by atoms with Crippen molar-refractivity contribution in [3.8, 4) is 11.8 Å². The fraction of sp³-hybridized carbons (Fsp3) is 0.304. The van der Waals surface area contributed by atoms with Gasteiger partial charge in [-0.25, -0.2) is 4.98 Å². The quantitative estimate of drug-likeness (QED) is 0.303. The number of halogens is 1. The van der Waals surface area contributed by atoms with Crippen molar-refractivity contribution in [2.24, 2.45) is 0 Å². The number of carbonyl (C=O) groups excluding carboxylic acids is 1. The summed E-state index contributed by atoms with van der Waals surface area (Å²) in [5.41, 5.74) is 2.16. The topological polar surface area (TPSA) is 87.8 Å². The van der Waals surface area contributed by atoms with Crippen LogP contribution in [0.25, 0.3) is 16.6 Å². The number of nitrogens with one attached hydrogen (secondary N) is 1. The zero-order valence-electron chi connectivity index (χ0n) is 17.4. The van der Waals surface area contributed by atoms with E-state index in [0.29, 0.717) is 39.2 Å². The molecule has 1 unspecified atom stereocenters. The monoisotopic (exact) mass is 454 g/mol. The van der Waals surface area contributed by atoms with Crippen molar-refractivity contribution in [3.05, 3.63) is 63.4 Å². The fourth-order valence-corrected chi connectivity index (χ4v) is 4.10. The molecule has 1 amide bonds. The molecule has 3 rings (SSSR count). The minimum Gasteiger partial charge on any atom is -0.354 e. The number of rotatable bonds is 8. The molecule has 0 spiro atoms. The molecule has 0 radical (unpaired) electrons. The summed E-state index contributed by atoms with van der Waals surface area (Å²) in [5, 5.41) is 12.6. The second-order valence-corrected chi connectivity index (χ2v) is 8.52. The van der Waals surface area contributed by atoms with Gasteiger partial charge in [0.1, 0.15) is 0 Å². The molecule has 0 aliphatic rings. The Bertz CT molecular complexity index is 1190. The predicted octanol–water partition coefficient (Wildman–Crippen LogP) is 4.67. The zero-order chi connectivity index (χ0) is 22.4. The van der Waals surface area contributed by atoms with Gasteiger partial charge in [0.2, 0.25) is 5.91 Å². The van der Waals surface area contributed by atoms with Crippen LogP contribution in [0, 0.1) is 11.3 Å². The summed E-state index contributed by atoms with van der Waals surface area (Å²) in [6.45, 7) is 4.59. The molecule has 0 aliphatic heterocycles. The van der Waals surface area contributed by atoms with Crippen molar-refractivity contribution >= 4 is 40.2 Å². The van der Waals surface area contributed by atoms with Crippen molar-refractivity contribution in [3.63, 3.8) is 0 Å². The molecule has 160 valence electrons. The minimum atomic E-state index is -0.240. The Kier molecular flexibility index (Phi) is 7.72.